The van der Waals surface area contributed by atoms with Crippen LogP contribution in [0, 0.1) is 6.92 Å². The standard InChI is InChI=1S/C10H12N2OS/c1-7-3-5-14-10(7)9-8(2-4-11)6-12-13-9/h3,5-6H,2,4,11H2,1H3. The summed E-state index contributed by atoms with van der Waals surface area (Å²) in [5.74, 6) is 0.878. The maximum atomic E-state index is 5.51. The molecule has 0 unspecified atom stereocenters. The van der Waals surface area contributed by atoms with Gasteiger partial charge in [-0.1, -0.05) is 5.16 Å². The van der Waals surface area contributed by atoms with Crippen LogP contribution in [0.4, 0.5) is 0 Å². The number of nitrogens with zero attached hydrogens (tertiary/aromatic N) is 1. The number of aromatic nitrogens is 1. The minimum atomic E-state index is 0.624. The second kappa shape index (κ2) is 3.94. The smallest absolute Gasteiger partial charge is 0.180 e. The monoisotopic (exact) mass is 208 g/mol. The summed E-state index contributed by atoms with van der Waals surface area (Å²) in [4.78, 5) is 1.16. The van der Waals surface area contributed by atoms with Crippen LogP contribution in [0.2, 0.25) is 0 Å². The highest BCUT2D eigenvalue weighted by atomic mass is 32.1. The summed E-state index contributed by atoms with van der Waals surface area (Å²) in [5.41, 5.74) is 7.84. The average Bonchev–Trinajstić information content (AvgIpc) is 2.74. The molecule has 74 valence electrons. The highest BCUT2D eigenvalue weighted by Crippen LogP contribution is 2.31. The summed E-state index contributed by atoms with van der Waals surface area (Å²) in [6, 6.07) is 2.08. The molecule has 0 saturated heterocycles. The van der Waals surface area contributed by atoms with Crippen LogP contribution < -0.4 is 5.73 Å². The Morgan fingerprint density at radius 1 is 1.57 bits per heavy atom. The molecule has 0 saturated carbocycles. The van der Waals surface area contributed by atoms with Gasteiger partial charge in [-0.15, -0.1) is 11.3 Å². The molecule has 0 bridgehead atoms. The molecular weight excluding hydrogens is 196 g/mol. The second-order valence-corrected chi connectivity index (χ2v) is 4.07. The van der Waals surface area contributed by atoms with E-state index in [4.69, 9.17) is 10.3 Å². The number of nitrogens with two attached hydrogens (primary N) is 1. The molecule has 2 rings (SSSR count). The van der Waals surface area contributed by atoms with Crippen LogP contribution in [0.3, 0.4) is 0 Å². The third-order valence-electron chi connectivity index (χ3n) is 2.13. The lowest BCUT2D eigenvalue weighted by atomic mass is 10.1. The molecule has 0 radical (unpaired) electrons. The highest BCUT2D eigenvalue weighted by Gasteiger charge is 2.13. The average molecular weight is 208 g/mol. The van der Waals surface area contributed by atoms with E-state index in [9.17, 15) is 0 Å². The molecule has 2 aromatic rings. The van der Waals surface area contributed by atoms with Gasteiger partial charge >= 0.3 is 0 Å². The van der Waals surface area contributed by atoms with E-state index in [1.807, 2.05) is 0 Å². The summed E-state index contributed by atoms with van der Waals surface area (Å²) in [6.07, 6.45) is 2.57. The van der Waals surface area contributed by atoms with Crippen LogP contribution >= 0.6 is 11.3 Å². The van der Waals surface area contributed by atoms with Crippen molar-refractivity contribution < 1.29 is 4.52 Å². The molecule has 0 atom stereocenters. The van der Waals surface area contributed by atoms with Crippen molar-refractivity contribution in [2.45, 2.75) is 13.3 Å². The van der Waals surface area contributed by atoms with Crippen molar-refractivity contribution in [3.63, 3.8) is 0 Å². The number of aryl methyl sites for hydroxylation is 1. The van der Waals surface area contributed by atoms with E-state index in [0.717, 1.165) is 22.6 Å². The number of hydrogen-bond acceptors (Lipinski definition) is 4. The van der Waals surface area contributed by atoms with Gasteiger partial charge in [-0.05, 0) is 36.9 Å². The maximum absolute atomic E-state index is 5.51. The Hall–Kier alpha value is -1.13. The zero-order chi connectivity index (χ0) is 9.97. The molecule has 0 aliphatic carbocycles. The van der Waals surface area contributed by atoms with Crippen molar-refractivity contribution in [2.24, 2.45) is 5.73 Å². The van der Waals surface area contributed by atoms with Gasteiger partial charge in [0.2, 0.25) is 0 Å². The first kappa shape index (κ1) is 9.43. The van der Waals surface area contributed by atoms with Crippen LogP contribution in [0.1, 0.15) is 11.1 Å². The van der Waals surface area contributed by atoms with Crippen molar-refractivity contribution in [1.29, 1.82) is 0 Å². The molecule has 0 aliphatic rings. The summed E-state index contributed by atoms with van der Waals surface area (Å²) in [7, 11) is 0. The molecule has 0 aliphatic heterocycles. The van der Waals surface area contributed by atoms with Crippen molar-refractivity contribution >= 4 is 11.3 Å². The predicted molar refractivity (Wildman–Crippen MR) is 57.3 cm³/mol. The van der Waals surface area contributed by atoms with Crippen LogP contribution in [-0.2, 0) is 6.42 Å². The quantitative estimate of drug-likeness (QED) is 0.841. The summed E-state index contributed by atoms with van der Waals surface area (Å²) >= 11 is 1.67. The van der Waals surface area contributed by atoms with E-state index >= 15 is 0 Å². The highest BCUT2D eigenvalue weighted by molar-refractivity contribution is 7.13. The molecular formula is C10H12N2OS. The predicted octanol–water partition coefficient (Wildman–Crippen LogP) is 2.21. The normalized spacial score (nSPS) is 10.7. The number of thiophene rings is 1. The van der Waals surface area contributed by atoms with Gasteiger partial charge in [0.25, 0.3) is 0 Å². The molecule has 4 heteroatoms. The second-order valence-electron chi connectivity index (χ2n) is 3.15. The van der Waals surface area contributed by atoms with Crippen LogP contribution in [-0.4, -0.2) is 11.7 Å². The first-order chi connectivity index (χ1) is 6.83. The molecule has 0 amide bonds. The Kier molecular flexibility index (Phi) is 2.65. The largest absolute Gasteiger partial charge is 0.355 e. The van der Waals surface area contributed by atoms with E-state index in [1.54, 1.807) is 17.5 Å². The minimum absolute atomic E-state index is 0.624. The van der Waals surface area contributed by atoms with E-state index in [2.05, 4.69) is 23.5 Å². The van der Waals surface area contributed by atoms with E-state index in [-0.39, 0.29) is 0 Å². The molecule has 14 heavy (non-hydrogen) atoms. The van der Waals surface area contributed by atoms with Crippen molar-refractivity contribution in [3.05, 3.63) is 28.8 Å². The summed E-state index contributed by atoms with van der Waals surface area (Å²) < 4.78 is 5.25. The van der Waals surface area contributed by atoms with Crippen molar-refractivity contribution in [2.75, 3.05) is 6.54 Å². The van der Waals surface area contributed by atoms with Gasteiger partial charge in [0.1, 0.15) is 0 Å². The minimum Gasteiger partial charge on any atom is -0.355 e. The van der Waals surface area contributed by atoms with Crippen LogP contribution in [0.15, 0.2) is 22.2 Å². The zero-order valence-electron chi connectivity index (χ0n) is 7.99. The van der Waals surface area contributed by atoms with Gasteiger partial charge < -0.3 is 10.3 Å². The topological polar surface area (TPSA) is 52.0 Å². The summed E-state index contributed by atoms with van der Waals surface area (Å²) in [6.45, 7) is 2.69. The first-order valence-electron chi connectivity index (χ1n) is 4.51. The Balaban J connectivity index is 2.41. The lowest BCUT2D eigenvalue weighted by molar-refractivity contribution is 0.432. The molecule has 2 aromatic heterocycles. The van der Waals surface area contributed by atoms with Gasteiger partial charge in [-0.2, -0.15) is 0 Å². The molecule has 2 heterocycles. The van der Waals surface area contributed by atoms with Gasteiger partial charge in [0, 0.05) is 5.56 Å². The fraction of sp³-hybridized carbons (Fsp3) is 0.300. The Labute approximate surface area is 86.5 Å². The Bertz CT molecular complexity index is 419. The fourth-order valence-electron chi connectivity index (χ4n) is 1.39. The molecule has 0 aromatic carbocycles. The molecule has 2 N–H and O–H groups in total. The Morgan fingerprint density at radius 3 is 3.07 bits per heavy atom. The van der Waals surface area contributed by atoms with E-state index in [1.165, 1.54) is 5.56 Å². The molecule has 0 spiro atoms. The SMILES string of the molecule is Cc1ccsc1-c1oncc1CCN. The Morgan fingerprint density at radius 2 is 2.43 bits per heavy atom. The van der Waals surface area contributed by atoms with E-state index in [0.29, 0.717) is 6.54 Å². The number of hydrogen-bond donors (Lipinski definition) is 1. The van der Waals surface area contributed by atoms with E-state index < -0.39 is 0 Å². The van der Waals surface area contributed by atoms with Crippen molar-refractivity contribution in [1.82, 2.24) is 5.16 Å². The van der Waals surface area contributed by atoms with Gasteiger partial charge in [0.15, 0.2) is 5.76 Å². The van der Waals surface area contributed by atoms with Gasteiger partial charge in [-0.25, -0.2) is 0 Å². The van der Waals surface area contributed by atoms with Crippen molar-refractivity contribution in [3.8, 4) is 10.6 Å². The lowest BCUT2D eigenvalue weighted by Crippen LogP contribution is -2.02. The van der Waals surface area contributed by atoms with Gasteiger partial charge in [-0.3, -0.25) is 0 Å². The molecule has 0 fully saturated rings. The van der Waals surface area contributed by atoms with Crippen LogP contribution in [0.5, 0.6) is 0 Å². The van der Waals surface area contributed by atoms with Crippen LogP contribution in [0.25, 0.3) is 10.6 Å². The van der Waals surface area contributed by atoms with Gasteiger partial charge in [0.05, 0.1) is 11.1 Å². The maximum Gasteiger partial charge on any atom is 0.180 e. The fourth-order valence-corrected chi connectivity index (χ4v) is 2.32. The third kappa shape index (κ3) is 1.58. The third-order valence-corrected chi connectivity index (χ3v) is 3.14. The molecule has 3 nitrogen and oxygen atoms in total. The summed E-state index contributed by atoms with van der Waals surface area (Å²) in [5, 5.41) is 5.87. The lowest BCUT2D eigenvalue weighted by Gasteiger charge is -1.97. The number of rotatable bonds is 3. The first-order valence-corrected chi connectivity index (χ1v) is 5.39. The zero-order valence-corrected chi connectivity index (χ0v) is 8.80.